The van der Waals surface area contributed by atoms with Gasteiger partial charge in [-0.3, -0.25) is 4.79 Å². The third-order valence-corrected chi connectivity index (χ3v) is 3.71. The van der Waals surface area contributed by atoms with Crippen LogP contribution < -0.4 is 10.1 Å². The number of carbonyl (C=O) groups excluding carboxylic acids is 1. The van der Waals surface area contributed by atoms with Crippen LogP contribution in [-0.4, -0.2) is 36.8 Å². The second-order valence-electron chi connectivity index (χ2n) is 5.32. The zero-order valence-electron chi connectivity index (χ0n) is 12.6. The Balaban J connectivity index is 1.94. The molecule has 2 N–H and O–H groups in total. The highest BCUT2D eigenvalue weighted by Gasteiger charge is 2.40. The van der Waals surface area contributed by atoms with Crippen LogP contribution in [0.5, 0.6) is 5.75 Å². The summed E-state index contributed by atoms with van der Waals surface area (Å²) in [7, 11) is 0. The average Bonchev–Trinajstić information content (AvgIpc) is 2.58. The molecule has 1 fully saturated rings. The Morgan fingerprint density at radius 3 is 2.78 bits per heavy atom. The smallest absolute Gasteiger partial charge is 0.341 e. The van der Waals surface area contributed by atoms with Gasteiger partial charge in [0.25, 0.3) is 0 Å². The third-order valence-electron chi connectivity index (χ3n) is 3.71. The summed E-state index contributed by atoms with van der Waals surface area (Å²) < 4.78 is 10.3. The minimum absolute atomic E-state index is 0.243. The zero-order chi connectivity index (χ0) is 16.7. The number of hydrogen-bond acceptors (Lipinski definition) is 5. The van der Waals surface area contributed by atoms with Gasteiger partial charge >= 0.3 is 5.97 Å². The van der Waals surface area contributed by atoms with Crippen LogP contribution in [-0.2, 0) is 20.9 Å². The van der Waals surface area contributed by atoms with Gasteiger partial charge in [-0.1, -0.05) is 12.1 Å². The molecule has 0 saturated carbocycles. The minimum atomic E-state index is -1.06. The van der Waals surface area contributed by atoms with E-state index >= 15 is 0 Å². The van der Waals surface area contributed by atoms with Crippen molar-refractivity contribution in [3.63, 3.8) is 0 Å². The summed E-state index contributed by atoms with van der Waals surface area (Å²) in [6, 6.07) is 8.92. The van der Waals surface area contributed by atoms with Crippen LogP contribution in [0.15, 0.2) is 24.3 Å². The van der Waals surface area contributed by atoms with Crippen molar-refractivity contribution in [1.29, 1.82) is 5.26 Å². The van der Waals surface area contributed by atoms with E-state index in [-0.39, 0.29) is 12.5 Å². The summed E-state index contributed by atoms with van der Waals surface area (Å²) in [4.78, 5) is 22.8. The predicted octanol–water partition coefficient (Wildman–Crippen LogP) is 1.09. The SMILES string of the molecule is N#CC1(C(=O)NCc2cccc(OCC(=O)O)c2)CCOCC1. The van der Waals surface area contributed by atoms with Gasteiger partial charge in [-0.15, -0.1) is 0 Å². The van der Waals surface area contributed by atoms with Crippen molar-refractivity contribution < 1.29 is 24.2 Å². The number of benzene rings is 1. The first-order valence-corrected chi connectivity index (χ1v) is 7.26. The number of nitrogens with one attached hydrogen (secondary N) is 1. The lowest BCUT2D eigenvalue weighted by Crippen LogP contribution is -2.43. The van der Waals surface area contributed by atoms with E-state index in [0.29, 0.717) is 31.8 Å². The Hall–Kier alpha value is -2.59. The van der Waals surface area contributed by atoms with Gasteiger partial charge in [-0.25, -0.2) is 4.79 Å². The van der Waals surface area contributed by atoms with E-state index in [2.05, 4.69) is 11.4 Å². The van der Waals surface area contributed by atoms with Crippen LogP contribution in [0, 0.1) is 16.7 Å². The largest absolute Gasteiger partial charge is 0.482 e. The Kier molecular flexibility index (Phi) is 5.55. The van der Waals surface area contributed by atoms with E-state index in [1.165, 1.54) is 0 Å². The summed E-state index contributed by atoms with van der Waals surface area (Å²) in [5, 5.41) is 20.7. The van der Waals surface area contributed by atoms with Crippen molar-refractivity contribution in [3.05, 3.63) is 29.8 Å². The van der Waals surface area contributed by atoms with Gasteiger partial charge < -0.3 is 19.9 Å². The number of carbonyl (C=O) groups is 2. The molecule has 1 amide bonds. The molecule has 0 atom stereocenters. The molecule has 1 aromatic carbocycles. The highest BCUT2D eigenvalue weighted by molar-refractivity contribution is 5.85. The number of carboxylic acid groups (broad SMARTS) is 1. The van der Waals surface area contributed by atoms with Crippen molar-refractivity contribution in [2.45, 2.75) is 19.4 Å². The number of ether oxygens (including phenoxy) is 2. The molecule has 0 radical (unpaired) electrons. The molecular formula is C16H18N2O5. The number of nitriles is 1. The predicted molar refractivity (Wildman–Crippen MR) is 79.5 cm³/mol. The first kappa shape index (κ1) is 16.8. The van der Waals surface area contributed by atoms with Crippen molar-refractivity contribution in [3.8, 4) is 11.8 Å². The Bertz CT molecular complexity index is 617. The standard InChI is InChI=1S/C16H18N2O5/c17-11-16(4-6-22-7-5-16)15(21)18-9-12-2-1-3-13(8-12)23-10-14(19)20/h1-3,8H,4-7,9-10H2,(H,18,21)(H,19,20). The third kappa shape index (κ3) is 4.44. The lowest BCUT2D eigenvalue weighted by Gasteiger charge is -2.29. The molecule has 122 valence electrons. The number of rotatable bonds is 6. The Morgan fingerprint density at radius 1 is 1.39 bits per heavy atom. The first-order valence-electron chi connectivity index (χ1n) is 7.26. The minimum Gasteiger partial charge on any atom is -0.482 e. The highest BCUT2D eigenvalue weighted by atomic mass is 16.5. The van der Waals surface area contributed by atoms with Gasteiger partial charge in [0, 0.05) is 19.8 Å². The summed E-state index contributed by atoms with van der Waals surface area (Å²) >= 11 is 0. The van der Waals surface area contributed by atoms with Crippen molar-refractivity contribution >= 4 is 11.9 Å². The molecule has 1 heterocycles. The molecule has 7 heteroatoms. The Morgan fingerprint density at radius 2 is 2.13 bits per heavy atom. The number of carboxylic acids is 1. The Labute approximate surface area is 133 Å². The molecule has 2 rings (SSSR count). The molecule has 0 aromatic heterocycles. The molecule has 7 nitrogen and oxygen atoms in total. The van der Waals surface area contributed by atoms with E-state index in [9.17, 15) is 14.9 Å². The average molecular weight is 318 g/mol. The van der Waals surface area contributed by atoms with Gasteiger partial charge in [0.15, 0.2) is 6.61 Å². The number of hydrogen-bond donors (Lipinski definition) is 2. The second kappa shape index (κ2) is 7.61. The first-order chi connectivity index (χ1) is 11.1. The maximum Gasteiger partial charge on any atom is 0.341 e. The summed E-state index contributed by atoms with van der Waals surface area (Å²) in [6.45, 7) is 0.625. The van der Waals surface area contributed by atoms with E-state index in [4.69, 9.17) is 14.6 Å². The molecule has 0 aliphatic carbocycles. The van der Waals surface area contributed by atoms with Crippen LogP contribution in [0.1, 0.15) is 18.4 Å². The molecule has 1 aliphatic rings. The van der Waals surface area contributed by atoms with Crippen LogP contribution in [0.4, 0.5) is 0 Å². The van der Waals surface area contributed by atoms with Gasteiger partial charge in [-0.05, 0) is 30.5 Å². The monoisotopic (exact) mass is 318 g/mol. The fourth-order valence-corrected chi connectivity index (χ4v) is 2.35. The topological polar surface area (TPSA) is 109 Å². The zero-order valence-corrected chi connectivity index (χ0v) is 12.6. The van der Waals surface area contributed by atoms with Crippen LogP contribution in [0.2, 0.25) is 0 Å². The second-order valence-corrected chi connectivity index (χ2v) is 5.32. The number of amides is 1. The van der Waals surface area contributed by atoms with Crippen LogP contribution >= 0.6 is 0 Å². The van der Waals surface area contributed by atoms with Crippen LogP contribution in [0.25, 0.3) is 0 Å². The fourth-order valence-electron chi connectivity index (χ4n) is 2.35. The normalized spacial score (nSPS) is 16.1. The molecule has 23 heavy (non-hydrogen) atoms. The van der Waals surface area contributed by atoms with Crippen molar-refractivity contribution in [2.24, 2.45) is 5.41 Å². The maximum atomic E-state index is 12.3. The fraction of sp³-hybridized carbons (Fsp3) is 0.438. The lowest BCUT2D eigenvalue weighted by molar-refractivity contribution is -0.139. The van der Waals surface area contributed by atoms with Crippen LogP contribution in [0.3, 0.4) is 0 Å². The van der Waals surface area contributed by atoms with Crippen molar-refractivity contribution in [2.75, 3.05) is 19.8 Å². The summed E-state index contributed by atoms with van der Waals surface area (Å²) in [5.74, 6) is -0.945. The molecule has 0 bridgehead atoms. The van der Waals surface area contributed by atoms with Gasteiger partial charge in [-0.2, -0.15) is 5.26 Å². The van der Waals surface area contributed by atoms with Gasteiger partial charge in [0.1, 0.15) is 11.2 Å². The molecule has 1 saturated heterocycles. The summed E-state index contributed by atoms with van der Waals surface area (Å²) in [5.41, 5.74) is -0.267. The lowest BCUT2D eigenvalue weighted by atomic mass is 9.81. The quantitative estimate of drug-likeness (QED) is 0.812. The van der Waals surface area contributed by atoms with E-state index in [1.54, 1.807) is 24.3 Å². The maximum absolute atomic E-state index is 12.3. The summed E-state index contributed by atoms with van der Waals surface area (Å²) in [6.07, 6.45) is 0.772. The number of nitrogens with zero attached hydrogens (tertiary/aromatic N) is 1. The number of aliphatic carboxylic acids is 1. The van der Waals surface area contributed by atoms with Crippen molar-refractivity contribution in [1.82, 2.24) is 5.32 Å². The highest BCUT2D eigenvalue weighted by Crippen LogP contribution is 2.30. The van der Waals surface area contributed by atoms with E-state index in [0.717, 1.165) is 5.56 Å². The molecule has 0 unspecified atom stereocenters. The molecule has 1 aromatic rings. The molecular weight excluding hydrogens is 300 g/mol. The van der Waals surface area contributed by atoms with E-state index < -0.39 is 18.0 Å². The van der Waals surface area contributed by atoms with E-state index in [1.807, 2.05) is 0 Å². The van der Waals surface area contributed by atoms with Gasteiger partial charge in [0.2, 0.25) is 5.91 Å². The molecule has 1 aliphatic heterocycles. The molecule has 0 spiro atoms. The van der Waals surface area contributed by atoms with Gasteiger partial charge in [0.05, 0.1) is 6.07 Å².